The van der Waals surface area contributed by atoms with E-state index in [9.17, 15) is 9.59 Å². The molecule has 0 aliphatic carbocycles. The molecule has 2 atom stereocenters. The Morgan fingerprint density at radius 1 is 1.30 bits per heavy atom. The number of aliphatic carboxylic acids is 1. The second kappa shape index (κ2) is 6.92. The zero-order chi connectivity index (χ0) is 15.3. The first-order valence-corrected chi connectivity index (χ1v) is 7.16. The van der Waals surface area contributed by atoms with E-state index in [0.717, 1.165) is 19.3 Å². The molecule has 1 fully saturated rings. The number of amides is 1. The van der Waals surface area contributed by atoms with Gasteiger partial charge < -0.3 is 20.1 Å². The number of carbonyl (C=O) groups excluding carboxylic acids is 1. The van der Waals surface area contributed by atoms with E-state index in [0.29, 0.717) is 13.1 Å². The van der Waals surface area contributed by atoms with Crippen molar-refractivity contribution in [2.45, 2.75) is 64.6 Å². The van der Waals surface area contributed by atoms with Crippen molar-refractivity contribution in [3.8, 4) is 0 Å². The van der Waals surface area contributed by atoms with Crippen LogP contribution in [0.4, 0.5) is 4.79 Å². The fraction of sp³-hybridized carbons (Fsp3) is 0.857. The standard InChI is InChI=1S/C14H26N2O4/c1-10(12(17)18)15-11-6-5-8-16(9-7-11)13(19)20-14(2,3)4/h10-11,15H,5-9H2,1-4H3,(H,17,18). The van der Waals surface area contributed by atoms with Crippen LogP contribution >= 0.6 is 0 Å². The molecule has 6 nitrogen and oxygen atoms in total. The molecule has 0 aromatic rings. The lowest BCUT2D eigenvalue weighted by Crippen LogP contribution is -2.42. The average molecular weight is 286 g/mol. The lowest BCUT2D eigenvalue weighted by molar-refractivity contribution is -0.139. The minimum absolute atomic E-state index is 0.133. The first-order chi connectivity index (χ1) is 9.19. The van der Waals surface area contributed by atoms with Gasteiger partial charge in [0.15, 0.2) is 0 Å². The Kier molecular flexibility index (Phi) is 5.80. The summed E-state index contributed by atoms with van der Waals surface area (Å²) in [7, 11) is 0. The van der Waals surface area contributed by atoms with Gasteiger partial charge >= 0.3 is 12.1 Å². The maximum atomic E-state index is 12.0. The summed E-state index contributed by atoms with van der Waals surface area (Å²) >= 11 is 0. The van der Waals surface area contributed by atoms with Crippen LogP contribution in [0.1, 0.15) is 47.0 Å². The Balaban J connectivity index is 2.47. The average Bonchev–Trinajstić information content (AvgIpc) is 2.52. The van der Waals surface area contributed by atoms with Gasteiger partial charge in [-0.05, 0) is 47.0 Å². The van der Waals surface area contributed by atoms with Crippen LogP contribution in [0.15, 0.2) is 0 Å². The molecule has 0 radical (unpaired) electrons. The van der Waals surface area contributed by atoms with Crippen LogP contribution < -0.4 is 5.32 Å². The third-order valence-electron chi connectivity index (χ3n) is 3.24. The van der Waals surface area contributed by atoms with Crippen molar-refractivity contribution in [2.24, 2.45) is 0 Å². The summed E-state index contributed by atoms with van der Waals surface area (Å²) < 4.78 is 5.36. The van der Waals surface area contributed by atoms with Crippen molar-refractivity contribution in [1.29, 1.82) is 0 Å². The number of carboxylic acids is 1. The fourth-order valence-corrected chi connectivity index (χ4v) is 2.20. The molecule has 0 saturated carbocycles. The molecule has 1 rings (SSSR count). The van der Waals surface area contributed by atoms with Gasteiger partial charge in [0, 0.05) is 19.1 Å². The molecule has 1 aliphatic rings. The third kappa shape index (κ3) is 5.77. The highest BCUT2D eigenvalue weighted by Crippen LogP contribution is 2.15. The van der Waals surface area contributed by atoms with E-state index in [4.69, 9.17) is 9.84 Å². The Morgan fingerprint density at radius 3 is 2.50 bits per heavy atom. The molecule has 1 saturated heterocycles. The second-order valence-corrected chi connectivity index (χ2v) is 6.32. The highest BCUT2D eigenvalue weighted by molar-refractivity contribution is 5.72. The molecule has 2 unspecified atom stereocenters. The van der Waals surface area contributed by atoms with E-state index in [-0.39, 0.29) is 12.1 Å². The van der Waals surface area contributed by atoms with Crippen molar-refractivity contribution in [1.82, 2.24) is 10.2 Å². The van der Waals surface area contributed by atoms with Gasteiger partial charge in [-0.15, -0.1) is 0 Å². The third-order valence-corrected chi connectivity index (χ3v) is 3.24. The van der Waals surface area contributed by atoms with Gasteiger partial charge in [-0.25, -0.2) is 4.79 Å². The predicted octanol–water partition coefficient (Wildman–Crippen LogP) is 1.84. The van der Waals surface area contributed by atoms with Gasteiger partial charge in [-0.1, -0.05) is 0 Å². The number of ether oxygens (including phenoxy) is 1. The lowest BCUT2D eigenvalue weighted by atomic mass is 10.1. The number of carbonyl (C=O) groups is 2. The zero-order valence-corrected chi connectivity index (χ0v) is 12.8. The molecule has 1 aliphatic heterocycles. The van der Waals surface area contributed by atoms with Crippen LogP contribution in [0.25, 0.3) is 0 Å². The van der Waals surface area contributed by atoms with Gasteiger partial charge in [-0.2, -0.15) is 0 Å². The number of carboxylic acid groups (broad SMARTS) is 1. The van der Waals surface area contributed by atoms with Crippen molar-refractivity contribution in [3.05, 3.63) is 0 Å². The summed E-state index contributed by atoms with van der Waals surface area (Å²) in [6, 6.07) is -0.429. The van der Waals surface area contributed by atoms with Crippen LogP contribution in [0.2, 0.25) is 0 Å². The zero-order valence-electron chi connectivity index (χ0n) is 12.8. The minimum Gasteiger partial charge on any atom is -0.480 e. The molecular weight excluding hydrogens is 260 g/mol. The molecule has 116 valence electrons. The summed E-state index contributed by atoms with van der Waals surface area (Å²) in [5.74, 6) is -0.849. The monoisotopic (exact) mass is 286 g/mol. The van der Waals surface area contributed by atoms with Crippen LogP contribution in [0.3, 0.4) is 0 Å². The first-order valence-electron chi connectivity index (χ1n) is 7.16. The van der Waals surface area contributed by atoms with E-state index >= 15 is 0 Å². The summed E-state index contributed by atoms with van der Waals surface area (Å²) in [6.07, 6.45) is 2.18. The van der Waals surface area contributed by atoms with Gasteiger partial charge in [0.2, 0.25) is 0 Å². The van der Waals surface area contributed by atoms with E-state index in [1.54, 1.807) is 11.8 Å². The smallest absolute Gasteiger partial charge is 0.410 e. The molecule has 0 bridgehead atoms. The van der Waals surface area contributed by atoms with Crippen molar-refractivity contribution >= 4 is 12.1 Å². The fourth-order valence-electron chi connectivity index (χ4n) is 2.20. The highest BCUT2D eigenvalue weighted by atomic mass is 16.6. The Hall–Kier alpha value is -1.30. The summed E-state index contributed by atoms with van der Waals surface area (Å²) in [4.78, 5) is 24.5. The summed E-state index contributed by atoms with van der Waals surface area (Å²) in [5.41, 5.74) is -0.487. The number of hydrogen-bond acceptors (Lipinski definition) is 4. The largest absolute Gasteiger partial charge is 0.480 e. The first kappa shape index (κ1) is 16.8. The molecule has 1 heterocycles. The molecule has 20 heavy (non-hydrogen) atoms. The SMILES string of the molecule is CC(NC1CCCN(C(=O)OC(C)(C)C)CC1)C(=O)O. The van der Waals surface area contributed by atoms with Crippen LogP contribution in [-0.4, -0.2) is 52.8 Å². The minimum atomic E-state index is -0.849. The van der Waals surface area contributed by atoms with E-state index < -0.39 is 17.6 Å². The molecule has 2 N–H and O–H groups in total. The van der Waals surface area contributed by atoms with Gasteiger partial charge in [-0.3, -0.25) is 4.79 Å². The summed E-state index contributed by atoms with van der Waals surface area (Å²) in [6.45, 7) is 8.44. The molecule has 0 spiro atoms. The second-order valence-electron chi connectivity index (χ2n) is 6.32. The molecular formula is C14H26N2O4. The number of rotatable bonds is 3. The molecule has 1 amide bonds. The van der Waals surface area contributed by atoms with E-state index in [2.05, 4.69) is 5.32 Å². The topological polar surface area (TPSA) is 78.9 Å². The number of likely N-dealkylation sites (tertiary alicyclic amines) is 1. The number of nitrogens with zero attached hydrogens (tertiary/aromatic N) is 1. The number of nitrogens with one attached hydrogen (secondary N) is 1. The normalized spacial score (nSPS) is 22.0. The highest BCUT2D eigenvalue weighted by Gasteiger charge is 2.26. The quantitative estimate of drug-likeness (QED) is 0.827. The maximum absolute atomic E-state index is 12.0. The van der Waals surface area contributed by atoms with E-state index in [1.807, 2.05) is 20.8 Å². The Bertz CT molecular complexity index is 352. The lowest BCUT2D eigenvalue weighted by Gasteiger charge is -2.26. The van der Waals surface area contributed by atoms with Crippen molar-refractivity contribution < 1.29 is 19.4 Å². The van der Waals surface area contributed by atoms with E-state index in [1.165, 1.54) is 0 Å². The van der Waals surface area contributed by atoms with Crippen molar-refractivity contribution in [3.63, 3.8) is 0 Å². The van der Waals surface area contributed by atoms with Gasteiger partial charge in [0.05, 0.1) is 0 Å². The Morgan fingerprint density at radius 2 is 1.95 bits per heavy atom. The molecule has 6 heteroatoms. The van der Waals surface area contributed by atoms with Gasteiger partial charge in [0.1, 0.15) is 11.6 Å². The predicted molar refractivity (Wildman–Crippen MR) is 75.7 cm³/mol. The van der Waals surface area contributed by atoms with Crippen molar-refractivity contribution in [2.75, 3.05) is 13.1 Å². The molecule has 0 aromatic heterocycles. The Labute approximate surface area is 120 Å². The van der Waals surface area contributed by atoms with Crippen LogP contribution in [0.5, 0.6) is 0 Å². The van der Waals surface area contributed by atoms with Gasteiger partial charge in [0.25, 0.3) is 0 Å². The van der Waals surface area contributed by atoms with Crippen LogP contribution in [0, 0.1) is 0 Å². The maximum Gasteiger partial charge on any atom is 0.410 e. The summed E-state index contributed by atoms with van der Waals surface area (Å²) in [5, 5.41) is 12.0. The molecule has 0 aromatic carbocycles. The number of hydrogen-bond donors (Lipinski definition) is 2. The van der Waals surface area contributed by atoms with Crippen LogP contribution in [-0.2, 0) is 9.53 Å².